The predicted octanol–water partition coefficient (Wildman–Crippen LogP) is 2.54. The summed E-state index contributed by atoms with van der Waals surface area (Å²) in [6.07, 6.45) is 9.46. The van der Waals surface area contributed by atoms with Gasteiger partial charge in [0.1, 0.15) is 5.78 Å². The van der Waals surface area contributed by atoms with Crippen molar-refractivity contribution in [3.63, 3.8) is 0 Å². The Hall–Kier alpha value is -0.860. The Morgan fingerprint density at radius 1 is 1.00 bits per heavy atom. The van der Waals surface area contributed by atoms with E-state index in [9.17, 15) is 9.59 Å². The minimum Gasteiger partial charge on any atom is -0.339 e. The molecule has 0 N–H and O–H groups in total. The topological polar surface area (TPSA) is 37.4 Å². The van der Waals surface area contributed by atoms with E-state index in [1.165, 1.54) is 12.8 Å². The van der Waals surface area contributed by atoms with E-state index in [0.29, 0.717) is 11.7 Å². The molecule has 1 aliphatic heterocycles. The third-order valence-corrected chi connectivity index (χ3v) is 5.10. The molecule has 1 amide bonds. The van der Waals surface area contributed by atoms with Crippen molar-refractivity contribution in [3.05, 3.63) is 0 Å². The maximum Gasteiger partial charge on any atom is 0.225 e. The highest BCUT2D eigenvalue weighted by Gasteiger charge is 2.41. The Bertz CT molecular complexity index is 348. The number of rotatable bonds is 2. The second-order valence-electron chi connectivity index (χ2n) is 6.19. The summed E-state index contributed by atoms with van der Waals surface area (Å²) < 4.78 is 0. The third kappa shape index (κ3) is 2.08. The highest BCUT2D eigenvalue weighted by atomic mass is 16.2. The van der Waals surface area contributed by atoms with Gasteiger partial charge in [0.25, 0.3) is 0 Å². The van der Waals surface area contributed by atoms with Crippen LogP contribution in [-0.4, -0.2) is 29.2 Å². The predicted molar refractivity (Wildman–Crippen MR) is 69.0 cm³/mol. The third-order valence-electron chi connectivity index (χ3n) is 5.10. The van der Waals surface area contributed by atoms with E-state index in [0.717, 1.165) is 51.5 Å². The lowest BCUT2D eigenvalue weighted by atomic mass is 9.80. The van der Waals surface area contributed by atoms with Crippen molar-refractivity contribution in [2.75, 3.05) is 6.54 Å². The fraction of sp³-hybridized carbons (Fsp3) is 0.867. The minimum absolute atomic E-state index is 0.158. The summed E-state index contributed by atoms with van der Waals surface area (Å²) in [4.78, 5) is 26.5. The Labute approximate surface area is 109 Å². The fourth-order valence-corrected chi connectivity index (χ4v) is 3.79. The second-order valence-corrected chi connectivity index (χ2v) is 6.19. The van der Waals surface area contributed by atoms with E-state index < -0.39 is 0 Å². The zero-order valence-electron chi connectivity index (χ0n) is 11.1. The van der Waals surface area contributed by atoms with E-state index in [2.05, 4.69) is 4.90 Å². The molecule has 3 aliphatic rings. The monoisotopic (exact) mass is 249 g/mol. The summed E-state index contributed by atoms with van der Waals surface area (Å²) >= 11 is 0. The molecular formula is C15H23NO2. The molecule has 1 saturated heterocycles. The van der Waals surface area contributed by atoms with Gasteiger partial charge in [-0.2, -0.15) is 0 Å². The number of likely N-dealkylation sites (tertiary alicyclic amines) is 1. The van der Waals surface area contributed by atoms with Crippen molar-refractivity contribution in [1.82, 2.24) is 4.90 Å². The molecule has 2 unspecified atom stereocenters. The van der Waals surface area contributed by atoms with Gasteiger partial charge in [0.05, 0.1) is 0 Å². The Balaban J connectivity index is 1.69. The molecular weight excluding hydrogens is 226 g/mol. The van der Waals surface area contributed by atoms with Crippen LogP contribution in [0.5, 0.6) is 0 Å². The van der Waals surface area contributed by atoms with Crippen LogP contribution in [0.1, 0.15) is 57.8 Å². The Kier molecular flexibility index (Phi) is 3.40. The van der Waals surface area contributed by atoms with E-state index in [4.69, 9.17) is 0 Å². The summed E-state index contributed by atoms with van der Waals surface area (Å²) in [6.45, 7) is 0.893. The molecule has 0 bridgehead atoms. The van der Waals surface area contributed by atoms with Crippen molar-refractivity contribution in [2.45, 2.75) is 63.8 Å². The summed E-state index contributed by atoms with van der Waals surface area (Å²) in [5.41, 5.74) is 0. The van der Waals surface area contributed by atoms with Crippen molar-refractivity contribution in [2.24, 2.45) is 11.8 Å². The van der Waals surface area contributed by atoms with Crippen molar-refractivity contribution in [3.8, 4) is 0 Å². The summed E-state index contributed by atoms with van der Waals surface area (Å²) in [7, 11) is 0. The van der Waals surface area contributed by atoms with E-state index >= 15 is 0 Å². The molecule has 0 spiro atoms. The van der Waals surface area contributed by atoms with Gasteiger partial charge in [0.2, 0.25) is 5.91 Å². The molecule has 1 heterocycles. The maximum absolute atomic E-state index is 12.4. The fourth-order valence-electron chi connectivity index (χ4n) is 3.79. The van der Waals surface area contributed by atoms with Crippen molar-refractivity contribution < 1.29 is 9.59 Å². The molecule has 0 aromatic rings. The molecule has 0 aromatic carbocycles. The lowest BCUT2D eigenvalue weighted by Crippen LogP contribution is -2.47. The quantitative estimate of drug-likeness (QED) is 0.754. The minimum atomic E-state index is 0.158. The number of hydrogen-bond acceptors (Lipinski definition) is 2. The van der Waals surface area contributed by atoms with Crippen LogP contribution in [0.15, 0.2) is 0 Å². The molecule has 100 valence electrons. The number of hydrogen-bond donors (Lipinski definition) is 0. The van der Waals surface area contributed by atoms with Crippen LogP contribution in [0.25, 0.3) is 0 Å². The Morgan fingerprint density at radius 3 is 2.50 bits per heavy atom. The number of nitrogens with zero attached hydrogens (tertiary/aromatic N) is 1. The van der Waals surface area contributed by atoms with Gasteiger partial charge in [-0.15, -0.1) is 0 Å². The summed E-state index contributed by atoms with van der Waals surface area (Å²) in [5, 5.41) is 0. The highest BCUT2D eigenvalue weighted by molar-refractivity contribution is 5.85. The zero-order chi connectivity index (χ0) is 12.5. The van der Waals surface area contributed by atoms with Crippen LogP contribution >= 0.6 is 0 Å². The first-order valence-electron chi connectivity index (χ1n) is 7.60. The van der Waals surface area contributed by atoms with E-state index in [1.807, 2.05) is 0 Å². The van der Waals surface area contributed by atoms with Gasteiger partial charge in [-0.3, -0.25) is 9.59 Å². The van der Waals surface area contributed by atoms with Crippen LogP contribution in [0.2, 0.25) is 0 Å². The molecule has 18 heavy (non-hydrogen) atoms. The lowest BCUT2D eigenvalue weighted by Gasteiger charge is -2.37. The molecule has 3 fully saturated rings. The van der Waals surface area contributed by atoms with Gasteiger partial charge in [-0.05, 0) is 38.5 Å². The number of amides is 1. The van der Waals surface area contributed by atoms with Gasteiger partial charge >= 0.3 is 0 Å². The van der Waals surface area contributed by atoms with Crippen molar-refractivity contribution >= 4 is 11.7 Å². The largest absolute Gasteiger partial charge is 0.339 e. The van der Waals surface area contributed by atoms with Crippen LogP contribution in [0.4, 0.5) is 0 Å². The van der Waals surface area contributed by atoms with Crippen LogP contribution in [-0.2, 0) is 9.59 Å². The molecule has 3 heteroatoms. The van der Waals surface area contributed by atoms with Gasteiger partial charge in [0, 0.05) is 30.8 Å². The average molecular weight is 249 g/mol. The SMILES string of the molecule is O=C1CCCCC1C1CCCN1C(=O)C1CCC1. The first kappa shape index (κ1) is 12.2. The Morgan fingerprint density at radius 2 is 1.83 bits per heavy atom. The van der Waals surface area contributed by atoms with Crippen LogP contribution in [0.3, 0.4) is 0 Å². The van der Waals surface area contributed by atoms with Gasteiger partial charge in [-0.25, -0.2) is 0 Å². The molecule has 2 aliphatic carbocycles. The molecule has 0 radical (unpaired) electrons. The molecule has 2 saturated carbocycles. The zero-order valence-corrected chi connectivity index (χ0v) is 11.1. The second kappa shape index (κ2) is 5.02. The highest BCUT2D eigenvalue weighted by Crippen LogP contribution is 2.36. The standard InChI is InChI=1S/C15H23NO2/c17-14-9-2-1-7-12(14)13-8-4-10-16(13)15(18)11-5-3-6-11/h11-13H,1-10H2. The first-order chi connectivity index (χ1) is 8.77. The normalized spacial score (nSPS) is 33.6. The molecule has 3 rings (SSSR count). The summed E-state index contributed by atoms with van der Waals surface area (Å²) in [5.74, 6) is 1.20. The molecule has 3 nitrogen and oxygen atoms in total. The van der Waals surface area contributed by atoms with Gasteiger partial charge < -0.3 is 4.90 Å². The molecule has 0 aromatic heterocycles. The van der Waals surface area contributed by atoms with Crippen LogP contribution in [0, 0.1) is 11.8 Å². The first-order valence-corrected chi connectivity index (χ1v) is 7.60. The van der Waals surface area contributed by atoms with Gasteiger partial charge in [-0.1, -0.05) is 12.8 Å². The number of carbonyl (C=O) groups is 2. The summed E-state index contributed by atoms with van der Waals surface area (Å²) in [6, 6.07) is 0.242. The smallest absolute Gasteiger partial charge is 0.225 e. The maximum atomic E-state index is 12.4. The van der Waals surface area contributed by atoms with E-state index in [-0.39, 0.29) is 17.9 Å². The van der Waals surface area contributed by atoms with Gasteiger partial charge in [0.15, 0.2) is 0 Å². The number of Topliss-reactive ketones (excluding diaryl/α,β-unsaturated/α-hetero) is 1. The van der Waals surface area contributed by atoms with Crippen molar-refractivity contribution in [1.29, 1.82) is 0 Å². The average Bonchev–Trinajstić information content (AvgIpc) is 2.76. The molecule has 2 atom stereocenters. The van der Waals surface area contributed by atoms with Crippen LogP contribution < -0.4 is 0 Å². The number of ketones is 1. The number of carbonyl (C=O) groups excluding carboxylic acids is 2. The van der Waals surface area contributed by atoms with E-state index in [1.54, 1.807) is 0 Å². The lowest BCUT2D eigenvalue weighted by molar-refractivity contribution is -0.141.